The summed E-state index contributed by atoms with van der Waals surface area (Å²) < 4.78 is 13.7. The number of hydrogen-bond acceptors (Lipinski definition) is 3. The predicted octanol–water partition coefficient (Wildman–Crippen LogP) is 2.66. The van der Waals surface area contributed by atoms with Gasteiger partial charge in [-0.2, -0.15) is 0 Å². The summed E-state index contributed by atoms with van der Waals surface area (Å²) >= 11 is 5.95. The molecule has 0 bridgehead atoms. The van der Waals surface area contributed by atoms with Gasteiger partial charge in [0.15, 0.2) is 0 Å². The number of hydrogen-bond donors (Lipinski definition) is 1. The first kappa shape index (κ1) is 15.3. The number of nitrogen functional groups attached to an aromatic ring is 1. The first-order valence-electron chi connectivity index (χ1n) is 6.34. The summed E-state index contributed by atoms with van der Waals surface area (Å²) in [7, 11) is 1.60. The van der Waals surface area contributed by atoms with E-state index in [1.165, 1.54) is 23.2 Å². The van der Waals surface area contributed by atoms with E-state index >= 15 is 0 Å². The van der Waals surface area contributed by atoms with Crippen LogP contribution in [0.4, 0.5) is 10.1 Å². The van der Waals surface area contributed by atoms with E-state index < -0.39 is 5.82 Å². The predicted molar refractivity (Wildman–Crippen MR) is 80.2 cm³/mol. The minimum absolute atomic E-state index is 0.110. The summed E-state index contributed by atoms with van der Waals surface area (Å²) in [6, 6.07) is 7.82. The van der Waals surface area contributed by atoms with Crippen LogP contribution in [0.1, 0.15) is 11.3 Å². The molecule has 1 aromatic carbocycles. The number of carbonyl (C=O) groups is 1. The SMILES string of the molecule is CN(Cc1c(F)cccc1Cl)C(=O)Cc1ccc(N)cn1. The van der Waals surface area contributed by atoms with Crippen molar-refractivity contribution in [2.75, 3.05) is 12.8 Å². The van der Waals surface area contributed by atoms with Gasteiger partial charge in [-0.3, -0.25) is 9.78 Å². The number of carbonyl (C=O) groups excluding carboxylic acids is 1. The van der Waals surface area contributed by atoms with Crippen molar-refractivity contribution in [3.8, 4) is 0 Å². The molecule has 4 nitrogen and oxygen atoms in total. The number of pyridine rings is 1. The van der Waals surface area contributed by atoms with Crippen LogP contribution < -0.4 is 5.73 Å². The molecule has 110 valence electrons. The van der Waals surface area contributed by atoms with Gasteiger partial charge in [-0.25, -0.2) is 4.39 Å². The molecule has 1 amide bonds. The number of aromatic nitrogens is 1. The molecule has 0 radical (unpaired) electrons. The third-order valence-corrected chi connectivity index (χ3v) is 3.42. The third kappa shape index (κ3) is 3.92. The molecule has 0 aliphatic rings. The second-order valence-corrected chi connectivity index (χ2v) is 5.12. The van der Waals surface area contributed by atoms with Crippen molar-refractivity contribution in [3.63, 3.8) is 0 Å². The Morgan fingerprint density at radius 1 is 1.38 bits per heavy atom. The van der Waals surface area contributed by atoms with Crippen LogP contribution in [0.3, 0.4) is 0 Å². The van der Waals surface area contributed by atoms with Gasteiger partial charge in [0.05, 0.1) is 18.3 Å². The maximum Gasteiger partial charge on any atom is 0.228 e. The van der Waals surface area contributed by atoms with Gasteiger partial charge in [-0.15, -0.1) is 0 Å². The van der Waals surface area contributed by atoms with E-state index in [1.54, 1.807) is 25.2 Å². The van der Waals surface area contributed by atoms with Crippen molar-refractivity contribution < 1.29 is 9.18 Å². The second kappa shape index (κ2) is 6.54. The lowest BCUT2D eigenvalue weighted by atomic mass is 10.2. The van der Waals surface area contributed by atoms with E-state index in [0.717, 1.165) is 0 Å². The van der Waals surface area contributed by atoms with Gasteiger partial charge in [0.1, 0.15) is 5.82 Å². The Morgan fingerprint density at radius 3 is 2.76 bits per heavy atom. The van der Waals surface area contributed by atoms with Gasteiger partial charge in [-0.05, 0) is 24.3 Å². The first-order valence-corrected chi connectivity index (χ1v) is 6.72. The fourth-order valence-electron chi connectivity index (χ4n) is 1.84. The lowest BCUT2D eigenvalue weighted by Gasteiger charge is -2.18. The molecule has 2 N–H and O–H groups in total. The Hall–Kier alpha value is -2.14. The number of amides is 1. The molecule has 0 atom stereocenters. The van der Waals surface area contributed by atoms with E-state index in [2.05, 4.69) is 4.98 Å². The van der Waals surface area contributed by atoms with Gasteiger partial charge in [0, 0.05) is 29.9 Å². The first-order chi connectivity index (χ1) is 9.97. The van der Waals surface area contributed by atoms with Gasteiger partial charge < -0.3 is 10.6 Å². The minimum atomic E-state index is -0.423. The number of anilines is 1. The van der Waals surface area contributed by atoms with E-state index in [-0.39, 0.29) is 18.9 Å². The lowest BCUT2D eigenvalue weighted by molar-refractivity contribution is -0.129. The third-order valence-electron chi connectivity index (χ3n) is 3.06. The summed E-state index contributed by atoms with van der Waals surface area (Å²) in [6.45, 7) is 0.110. The Kier molecular flexibility index (Phi) is 4.75. The fourth-order valence-corrected chi connectivity index (χ4v) is 2.06. The summed E-state index contributed by atoms with van der Waals surface area (Å²) in [6.07, 6.45) is 1.62. The van der Waals surface area contributed by atoms with Crippen LogP contribution in [0, 0.1) is 5.82 Å². The largest absolute Gasteiger partial charge is 0.397 e. The summed E-state index contributed by atoms with van der Waals surface area (Å²) in [5.41, 5.74) is 7.00. The highest BCUT2D eigenvalue weighted by molar-refractivity contribution is 6.31. The zero-order valence-electron chi connectivity index (χ0n) is 11.5. The smallest absolute Gasteiger partial charge is 0.228 e. The average molecular weight is 308 g/mol. The molecule has 1 heterocycles. The van der Waals surface area contributed by atoms with Crippen LogP contribution in [-0.2, 0) is 17.8 Å². The van der Waals surface area contributed by atoms with E-state index in [9.17, 15) is 9.18 Å². The summed E-state index contributed by atoms with van der Waals surface area (Å²) in [5.74, 6) is -0.598. The number of nitrogens with two attached hydrogens (primary N) is 1. The van der Waals surface area contributed by atoms with Crippen LogP contribution in [0.2, 0.25) is 5.02 Å². The highest BCUT2D eigenvalue weighted by Crippen LogP contribution is 2.20. The molecule has 2 rings (SSSR count). The normalized spacial score (nSPS) is 10.4. The number of benzene rings is 1. The highest BCUT2D eigenvalue weighted by Gasteiger charge is 2.15. The molecule has 0 saturated carbocycles. The molecule has 0 aliphatic heterocycles. The topological polar surface area (TPSA) is 59.2 Å². The molecule has 0 fully saturated rings. The van der Waals surface area contributed by atoms with E-state index in [1.807, 2.05) is 0 Å². The van der Waals surface area contributed by atoms with Gasteiger partial charge in [0.2, 0.25) is 5.91 Å². The zero-order chi connectivity index (χ0) is 15.4. The van der Waals surface area contributed by atoms with Crippen molar-refractivity contribution in [1.29, 1.82) is 0 Å². The maximum atomic E-state index is 13.7. The zero-order valence-corrected chi connectivity index (χ0v) is 12.3. The Labute approximate surface area is 127 Å². The standard InChI is InChI=1S/C15H15ClFN3O/c1-20(9-12-13(16)3-2-4-14(12)17)15(21)7-11-6-5-10(18)8-19-11/h2-6,8H,7,9,18H2,1H3. The van der Waals surface area contributed by atoms with Crippen LogP contribution in [0.25, 0.3) is 0 Å². The molecule has 1 aromatic heterocycles. The second-order valence-electron chi connectivity index (χ2n) is 4.71. The average Bonchev–Trinajstić information content (AvgIpc) is 2.45. The van der Waals surface area contributed by atoms with Crippen LogP contribution >= 0.6 is 11.6 Å². The van der Waals surface area contributed by atoms with Crippen molar-refractivity contribution in [3.05, 3.63) is 58.6 Å². The van der Waals surface area contributed by atoms with Crippen molar-refractivity contribution in [1.82, 2.24) is 9.88 Å². The Morgan fingerprint density at radius 2 is 2.14 bits per heavy atom. The summed E-state index contributed by atoms with van der Waals surface area (Å²) in [4.78, 5) is 17.6. The van der Waals surface area contributed by atoms with Crippen LogP contribution in [0.5, 0.6) is 0 Å². The number of rotatable bonds is 4. The number of likely N-dealkylation sites (N-methyl/N-ethyl adjacent to an activating group) is 1. The van der Waals surface area contributed by atoms with Crippen molar-refractivity contribution >= 4 is 23.2 Å². The fraction of sp³-hybridized carbons (Fsp3) is 0.200. The minimum Gasteiger partial charge on any atom is -0.397 e. The number of nitrogens with zero attached hydrogens (tertiary/aromatic N) is 2. The van der Waals surface area contributed by atoms with Crippen molar-refractivity contribution in [2.24, 2.45) is 0 Å². The van der Waals surface area contributed by atoms with Gasteiger partial charge >= 0.3 is 0 Å². The van der Waals surface area contributed by atoms with Crippen molar-refractivity contribution in [2.45, 2.75) is 13.0 Å². The Balaban J connectivity index is 2.04. The highest BCUT2D eigenvalue weighted by atomic mass is 35.5. The van der Waals surface area contributed by atoms with E-state index in [4.69, 9.17) is 17.3 Å². The molecule has 21 heavy (non-hydrogen) atoms. The van der Waals surface area contributed by atoms with Crippen LogP contribution in [-0.4, -0.2) is 22.8 Å². The van der Waals surface area contributed by atoms with Crippen LogP contribution in [0.15, 0.2) is 36.5 Å². The molecule has 6 heteroatoms. The molecule has 0 aliphatic carbocycles. The molecular formula is C15H15ClFN3O. The monoisotopic (exact) mass is 307 g/mol. The number of halogens is 2. The lowest BCUT2D eigenvalue weighted by Crippen LogP contribution is -2.28. The Bertz CT molecular complexity index is 626. The van der Waals surface area contributed by atoms with Gasteiger partial charge in [-0.1, -0.05) is 17.7 Å². The molecule has 2 aromatic rings. The molecule has 0 saturated heterocycles. The summed E-state index contributed by atoms with van der Waals surface area (Å²) in [5, 5.41) is 0.306. The quantitative estimate of drug-likeness (QED) is 0.944. The van der Waals surface area contributed by atoms with Gasteiger partial charge in [0.25, 0.3) is 0 Å². The molecule has 0 unspecified atom stereocenters. The molecular weight excluding hydrogens is 293 g/mol. The maximum absolute atomic E-state index is 13.7. The van der Waals surface area contributed by atoms with E-state index in [0.29, 0.717) is 22.0 Å². The molecule has 0 spiro atoms.